The Morgan fingerprint density at radius 1 is 0.557 bits per heavy atom. The number of hydrogen-bond acceptors (Lipinski definition) is 8. The second-order valence-corrected chi connectivity index (χ2v) is 20.5. The van der Waals surface area contributed by atoms with Crippen LogP contribution in [0.3, 0.4) is 0 Å². The molecule has 1 aliphatic rings. The van der Waals surface area contributed by atoms with E-state index in [9.17, 15) is 9.90 Å². The Balaban J connectivity index is 1.90. The number of rotatable bonds is 50. The summed E-state index contributed by atoms with van der Waals surface area (Å²) in [4.78, 5) is 13.6. The van der Waals surface area contributed by atoms with E-state index in [0.29, 0.717) is 39.5 Å². The normalized spacial score (nSPS) is 19.3. The van der Waals surface area contributed by atoms with E-state index in [1.807, 2.05) is 24.3 Å². The molecule has 2 rings (SSSR count). The van der Waals surface area contributed by atoms with Crippen molar-refractivity contribution in [2.24, 2.45) is 0 Å². The summed E-state index contributed by atoms with van der Waals surface area (Å²) in [5.41, 5.74) is 1.25. The van der Waals surface area contributed by atoms with E-state index in [1.165, 1.54) is 134 Å². The smallest absolute Gasteiger partial charge is 0.220 e. The molecule has 0 radical (unpaired) electrons. The highest BCUT2D eigenvalue weighted by molar-refractivity contribution is 5.76. The van der Waals surface area contributed by atoms with E-state index in [1.54, 1.807) is 6.08 Å². The molecule has 1 saturated heterocycles. The van der Waals surface area contributed by atoms with Crippen molar-refractivity contribution in [1.29, 1.82) is 0 Å². The monoisotopic (exact) mass is 986 g/mol. The van der Waals surface area contributed by atoms with Gasteiger partial charge in [-0.25, -0.2) is 0 Å². The highest BCUT2D eigenvalue weighted by atomic mass is 16.7. The van der Waals surface area contributed by atoms with E-state index in [4.69, 9.17) is 28.4 Å². The maximum Gasteiger partial charge on any atom is 0.220 e. The molecule has 7 atom stereocenters. The summed E-state index contributed by atoms with van der Waals surface area (Å²) in [6.07, 6.45) is 40.9. The van der Waals surface area contributed by atoms with Crippen molar-refractivity contribution in [1.82, 2.24) is 5.32 Å². The molecule has 2 N–H and O–H groups in total. The van der Waals surface area contributed by atoms with Gasteiger partial charge in [0, 0.05) is 32.8 Å². The molecule has 0 aromatic heterocycles. The van der Waals surface area contributed by atoms with Gasteiger partial charge in [0.1, 0.15) is 24.4 Å². The summed E-state index contributed by atoms with van der Waals surface area (Å²) in [6, 6.07) is 9.68. The summed E-state index contributed by atoms with van der Waals surface area (Å²) in [5, 5.41) is 14.8. The number of allylic oxidation sites excluding steroid dienone is 1. The van der Waals surface area contributed by atoms with Gasteiger partial charge in [-0.05, 0) is 50.5 Å². The second-order valence-electron chi connectivity index (χ2n) is 20.5. The van der Waals surface area contributed by atoms with Crippen LogP contribution in [0.5, 0.6) is 0 Å². The van der Waals surface area contributed by atoms with Crippen molar-refractivity contribution in [3.63, 3.8) is 0 Å². The summed E-state index contributed by atoms with van der Waals surface area (Å²) in [5.74, 6) is -0.0681. The van der Waals surface area contributed by atoms with Gasteiger partial charge in [-0.3, -0.25) is 4.79 Å². The largest absolute Gasteiger partial charge is 0.387 e. The first kappa shape index (κ1) is 64.3. The van der Waals surface area contributed by atoms with Gasteiger partial charge in [-0.15, -0.1) is 0 Å². The van der Waals surface area contributed by atoms with Crippen LogP contribution in [0.4, 0.5) is 0 Å². The maximum absolute atomic E-state index is 13.6. The third kappa shape index (κ3) is 33.1. The summed E-state index contributed by atoms with van der Waals surface area (Å²) in [7, 11) is 0. The van der Waals surface area contributed by atoms with Gasteiger partial charge in [0.2, 0.25) is 5.91 Å². The predicted molar refractivity (Wildman–Crippen MR) is 293 cm³/mol. The third-order valence-electron chi connectivity index (χ3n) is 13.9. The minimum Gasteiger partial charge on any atom is -0.387 e. The molecule has 0 aliphatic carbocycles. The molecule has 1 amide bonds. The van der Waals surface area contributed by atoms with Crippen molar-refractivity contribution in [3.8, 4) is 0 Å². The number of carbonyl (C=O) groups excluding carboxylic acids is 1. The van der Waals surface area contributed by atoms with Crippen LogP contribution in [0.25, 0.3) is 0 Å². The number of amides is 1. The lowest BCUT2D eigenvalue weighted by atomic mass is 9.98. The van der Waals surface area contributed by atoms with Crippen LogP contribution in [0.1, 0.15) is 252 Å². The molecular formula is C61H111NO8. The Bertz CT molecular complexity index is 1300. The van der Waals surface area contributed by atoms with Crippen molar-refractivity contribution in [3.05, 3.63) is 48.0 Å². The summed E-state index contributed by atoms with van der Waals surface area (Å²) >= 11 is 0. The van der Waals surface area contributed by atoms with E-state index in [0.717, 1.165) is 83.5 Å². The van der Waals surface area contributed by atoms with Gasteiger partial charge in [-0.2, -0.15) is 0 Å². The van der Waals surface area contributed by atoms with Gasteiger partial charge in [-0.1, -0.05) is 244 Å². The minimum atomic E-state index is -0.952. The fraction of sp³-hybridized carbons (Fsp3) is 0.852. The fourth-order valence-corrected chi connectivity index (χ4v) is 9.29. The Morgan fingerprint density at radius 2 is 1.00 bits per heavy atom. The van der Waals surface area contributed by atoms with Gasteiger partial charge >= 0.3 is 0 Å². The molecule has 9 nitrogen and oxygen atoms in total. The molecule has 1 aromatic rings. The van der Waals surface area contributed by atoms with Gasteiger partial charge < -0.3 is 38.8 Å². The summed E-state index contributed by atoms with van der Waals surface area (Å²) < 4.78 is 39.4. The van der Waals surface area contributed by atoms with E-state index in [-0.39, 0.29) is 12.5 Å². The molecule has 1 aliphatic heterocycles. The van der Waals surface area contributed by atoms with Crippen LogP contribution in [-0.2, 0) is 39.6 Å². The zero-order chi connectivity index (χ0) is 50.4. The molecular weight excluding hydrogens is 875 g/mol. The first-order valence-corrected chi connectivity index (χ1v) is 29.9. The Labute approximate surface area is 431 Å². The van der Waals surface area contributed by atoms with Crippen molar-refractivity contribution >= 4 is 5.91 Å². The maximum atomic E-state index is 13.6. The first-order chi connectivity index (χ1) is 34.5. The number of aryl methyl sites for hydroxylation is 1. The molecule has 408 valence electrons. The summed E-state index contributed by atoms with van der Waals surface area (Å²) in [6.45, 7) is 13.6. The van der Waals surface area contributed by atoms with Gasteiger partial charge in [0.05, 0.1) is 25.4 Å². The lowest BCUT2D eigenvalue weighted by Gasteiger charge is -2.46. The number of nitrogens with one attached hydrogen (secondary N) is 1. The average Bonchev–Trinajstić information content (AvgIpc) is 3.37. The first-order valence-electron chi connectivity index (χ1n) is 29.9. The number of ether oxygens (including phenoxy) is 6. The second kappa shape index (κ2) is 46.9. The SMILES string of the molecule is CCCCCCCCCCCCCCCCCCCCCCCCCC(=O)N[C@@H](CO[C@H]1OC(COCCCC)[C@H](OCCCC)C(OCCCC)C1OCCCC)[C@H](O)/C=C/CCc1ccccc1. The van der Waals surface area contributed by atoms with Crippen molar-refractivity contribution in [2.75, 3.05) is 39.6 Å². The molecule has 0 saturated carbocycles. The predicted octanol–water partition coefficient (Wildman–Crippen LogP) is 15.5. The van der Waals surface area contributed by atoms with Crippen molar-refractivity contribution < 1.29 is 38.3 Å². The Kier molecular flexibility index (Phi) is 43.1. The number of aliphatic hydroxyl groups excluding tert-OH is 1. The fourth-order valence-electron chi connectivity index (χ4n) is 9.29. The molecule has 0 spiro atoms. The Morgan fingerprint density at radius 3 is 1.50 bits per heavy atom. The highest BCUT2D eigenvalue weighted by Gasteiger charge is 2.49. The lowest BCUT2D eigenvalue weighted by molar-refractivity contribution is -0.325. The number of carbonyl (C=O) groups is 1. The van der Waals surface area contributed by atoms with Crippen molar-refractivity contribution in [2.45, 2.75) is 296 Å². The van der Waals surface area contributed by atoms with Crippen LogP contribution in [-0.4, -0.2) is 93.5 Å². The number of hydrogen-bond donors (Lipinski definition) is 2. The molecule has 3 unspecified atom stereocenters. The van der Waals surface area contributed by atoms with Crippen LogP contribution >= 0.6 is 0 Å². The standard InChI is InChI=1S/C61H111NO8/c1-6-11-16-17-18-19-20-21-22-23-24-25-26-27-28-29-30-31-32-33-34-35-39-46-57(64)62-54(55(63)45-41-40-44-53-42-37-36-38-43-53)51-69-61-60(68-50-15-10-5)59(67-49-14-9-4)58(66-48-13-8-3)56(70-61)52-65-47-12-7-2/h36-38,41-43,45,54-56,58-61,63H,6-35,39-40,44,46-52H2,1-5H3,(H,62,64)/b45-41+/t54-,55+,56?,58-,59?,60?,61-/m0/s1. The average molecular weight is 987 g/mol. The van der Waals surface area contributed by atoms with E-state index in [2.05, 4.69) is 52.1 Å². The van der Waals surface area contributed by atoms with Gasteiger partial charge in [0.25, 0.3) is 0 Å². The van der Waals surface area contributed by atoms with E-state index >= 15 is 0 Å². The Hall–Kier alpha value is -1.85. The lowest BCUT2D eigenvalue weighted by Crippen LogP contribution is -2.62. The van der Waals surface area contributed by atoms with Crippen LogP contribution in [0.15, 0.2) is 42.5 Å². The molecule has 1 aromatic carbocycles. The quantitative estimate of drug-likeness (QED) is 0.0491. The zero-order valence-corrected chi connectivity index (χ0v) is 46.2. The highest BCUT2D eigenvalue weighted by Crippen LogP contribution is 2.31. The molecule has 1 fully saturated rings. The molecule has 70 heavy (non-hydrogen) atoms. The zero-order valence-electron chi connectivity index (χ0n) is 46.2. The molecule has 9 heteroatoms. The number of unbranched alkanes of at least 4 members (excludes halogenated alkanes) is 26. The third-order valence-corrected chi connectivity index (χ3v) is 13.9. The van der Waals surface area contributed by atoms with Crippen LogP contribution in [0, 0.1) is 0 Å². The van der Waals surface area contributed by atoms with E-state index < -0.39 is 42.9 Å². The minimum absolute atomic E-state index is 0.0418. The topological polar surface area (TPSA) is 105 Å². The molecule has 0 bridgehead atoms. The number of benzene rings is 1. The van der Waals surface area contributed by atoms with Gasteiger partial charge in [0.15, 0.2) is 6.29 Å². The van der Waals surface area contributed by atoms with Crippen LogP contribution in [0.2, 0.25) is 0 Å². The molecule has 1 heterocycles. The van der Waals surface area contributed by atoms with Crippen LogP contribution < -0.4 is 5.32 Å². The number of aliphatic hydroxyl groups is 1.